The average molecular weight is 268 g/mol. The summed E-state index contributed by atoms with van der Waals surface area (Å²) >= 11 is -1.41. The molecule has 4 atom stereocenters. The molecule has 2 bridgehead atoms. The maximum atomic E-state index is 11.7. The molecule has 2 aliphatic rings. The zero-order valence-electron chi connectivity index (χ0n) is 8.87. The first-order valence-electron chi connectivity index (χ1n) is 5.45. The van der Waals surface area contributed by atoms with Gasteiger partial charge in [0.1, 0.15) is 5.75 Å². The van der Waals surface area contributed by atoms with Gasteiger partial charge >= 0.3 is 0 Å². The van der Waals surface area contributed by atoms with Crippen LogP contribution in [0.2, 0.25) is 0 Å². The fourth-order valence-corrected chi connectivity index (χ4v) is 4.54. The Hall–Kier alpha value is 0.0200. The maximum absolute atomic E-state index is 11.7. The van der Waals surface area contributed by atoms with E-state index < -0.39 is 27.0 Å². The van der Waals surface area contributed by atoms with Gasteiger partial charge in [-0.3, -0.25) is 8.74 Å². The van der Waals surface area contributed by atoms with E-state index in [0.29, 0.717) is 11.8 Å². The molecule has 0 aromatic rings. The summed E-state index contributed by atoms with van der Waals surface area (Å²) in [7, 11) is -4.01. The molecule has 0 aromatic carbocycles. The van der Waals surface area contributed by atoms with E-state index in [0.717, 1.165) is 19.3 Å². The topological polar surface area (TPSA) is 80.7 Å². The van der Waals surface area contributed by atoms with Gasteiger partial charge in [0.15, 0.2) is 11.1 Å². The van der Waals surface area contributed by atoms with E-state index in [4.69, 9.17) is 8.74 Å². The lowest BCUT2D eigenvalue weighted by Gasteiger charge is -2.19. The van der Waals surface area contributed by atoms with Gasteiger partial charge in [0.25, 0.3) is 10.1 Å². The lowest BCUT2D eigenvalue weighted by Crippen LogP contribution is -2.25. The molecule has 5 nitrogen and oxygen atoms in total. The van der Waals surface area contributed by atoms with Crippen molar-refractivity contribution >= 4 is 21.2 Å². The normalized spacial score (nSPS) is 35.4. The second kappa shape index (κ2) is 4.72. The van der Waals surface area contributed by atoms with Crippen molar-refractivity contribution in [2.45, 2.75) is 30.9 Å². The molecular weight excluding hydrogens is 252 g/mol. The predicted molar refractivity (Wildman–Crippen MR) is 59.7 cm³/mol. The van der Waals surface area contributed by atoms with Crippen LogP contribution in [-0.2, 0) is 25.4 Å². The molecule has 94 valence electrons. The second-order valence-corrected chi connectivity index (χ2v) is 7.52. The van der Waals surface area contributed by atoms with Crippen LogP contribution in [0.5, 0.6) is 0 Å². The van der Waals surface area contributed by atoms with Crippen molar-refractivity contribution in [1.29, 1.82) is 0 Å². The summed E-state index contributed by atoms with van der Waals surface area (Å²) in [5, 5.41) is 0.0696. The average Bonchev–Trinajstić information content (AvgIpc) is 2.76. The van der Waals surface area contributed by atoms with Gasteiger partial charge in [-0.1, -0.05) is 6.42 Å². The Morgan fingerprint density at radius 1 is 1.31 bits per heavy atom. The number of hydrogen-bond donors (Lipinski definition) is 1. The number of hydrogen-bond acceptors (Lipinski definition) is 4. The maximum Gasteiger partial charge on any atom is 0.267 e. The third-order valence-corrected chi connectivity index (χ3v) is 5.61. The largest absolute Gasteiger partial charge is 0.289 e. The van der Waals surface area contributed by atoms with Crippen molar-refractivity contribution in [3.05, 3.63) is 0 Å². The van der Waals surface area contributed by atoms with Crippen LogP contribution >= 0.6 is 0 Å². The summed E-state index contributed by atoms with van der Waals surface area (Å²) < 4.78 is 46.1. The van der Waals surface area contributed by atoms with Gasteiger partial charge in [0, 0.05) is 0 Å². The molecule has 0 heterocycles. The van der Waals surface area contributed by atoms with Gasteiger partial charge in [-0.25, -0.2) is 4.21 Å². The monoisotopic (exact) mass is 268 g/mol. The Morgan fingerprint density at radius 2 is 2.06 bits per heavy atom. The minimum absolute atomic E-state index is 0.0696. The summed E-state index contributed by atoms with van der Waals surface area (Å²) in [4.78, 5) is 0. The quantitative estimate of drug-likeness (QED) is 0.744. The summed E-state index contributed by atoms with van der Waals surface area (Å²) in [5.74, 6) is 0.681. The van der Waals surface area contributed by atoms with Gasteiger partial charge in [-0.15, -0.1) is 0 Å². The highest BCUT2D eigenvalue weighted by molar-refractivity contribution is 7.85. The van der Waals surface area contributed by atoms with Gasteiger partial charge in [-0.05, 0) is 31.1 Å². The van der Waals surface area contributed by atoms with E-state index in [1.807, 2.05) is 0 Å². The summed E-state index contributed by atoms with van der Waals surface area (Å²) in [6.45, 7) is -0.195. The van der Waals surface area contributed by atoms with Crippen molar-refractivity contribution in [3.8, 4) is 0 Å². The molecule has 0 aromatic heterocycles. The molecular formula is C9H16O5S2. The standard InChI is InChI=1S/C9H16O5S2/c10-15(14-3-4-16(11,12)13)9-6-7-1-2-8(9)5-7/h7-9H,1-6H2,(H,11,12,13). The lowest BCUT2D eigenvalue weighted by atomic mass is 10.0. The fraction of sp³-hybridized carbons (Fsp3) is 1.00. The highest BCUT2D eigenvalue weighted by Crippen LogP contribution is 2.46. The van der Waals surface area contributed by atoms with Crippen LogP contribution < -0.4 is 0 Å². The Labute approximate surface area is 98.0 Å². The van der Waals surface area contributed by atoms with E-state index in [2.05, 4.69) is 0 Å². The van der Waals surface area contributed by atoms with Gasteiger partial charge < -0.3 is 0 Å². The molecule has 4 unspecified atom stereocenters. The van der Waals surface area contributed by atoms with Gasteiger partial charge in [-0.2, -0.15) is 8.42 Å². The van der Waals surface area contributed by atoms with Crippen LogP contribution in [0.15, 0.2) is 0 Å². The first-order chi connectivity index (χ1) is 7.46. The summed E-state index contributed by atoms with van der Waals surface area (Å²) in [6.07, 6.45) is 4.41. The molecule has 2 rings (SSSR count). The highest BCUT2D eigenvalue weighted by Gasteiger charge is 2.43. The van der Waals surface area contributed by atoms with E-state index in [1.54, 1.807) is 0 Å². The molecule has 7 heteroatoms. The zero-order valence-corrected chi connectivity index (χ0v) is 10.5. The van der Waals surface area contributed by atoms with Crippen LogP contribution in [0.25, 0.3) is 0 Å². The van der Waals surface area contributed by atoms with Crippen molar-refractivity contribution in [3.63, 3.8) is 0 Å². The molecule has 0 spiro atoms. The zero-order chi connectivity index (χ0) is 11.8. The van der Waals surface area contributed by atoms with Crippen molar-refractivity contribution in [2.75, 3.05) is 12.4 Å². The smallest absolute Gasteiger partial charge is 0.267 e. The SMILES string of the molecule is O=S(OCCS(=O)(=O)O)C1CC2CCC1C2. The second-order valence-electron chi connectivity index (χ2n) is 4.58. The first-order valence-corrected chi connectivity index (χ1v) is 8.19. The molecule has 0 saturated heterocycles. The Kier molecular flexibility index (Phi) is 3.68. The third-order valence-electron chi connectivity index (χ3n) is 3.46. The van der Waals surface area contributed by atoms with Crippen LogP contribution in [0.3, 0.4) is 0 Å². The summed E-state index contributed by atoms with van der Waals surface area (Å²) in [6, 6.07) is 0. The Bertz CT molecular complexity index is 377. The number of fused-ring (bicyclic) bond motifs is 2. The number of rotatable bonds is 5. The summed E-state index contributed by atoms with van der Waals surface area (Å²) in [5.41, 5.74) is 0. The molecule has 0 amide bonds. The molecule has 0 radical (unpaired) electrons. The Balaban J connectivity index is 1.77. The molecule has 16 heavy (non-hydrogen) atoms. The first kappa shape index (κ1) is 12.5. The van der Waals surface area contributed by atoms with Crippen molar-refractivity contribution < 1.29 is 21.4 Å². The minimum atomic E-state index is -4.01. The van der Waals surface area contributed by atoms with E-state index in [-0.39, 0.29) is 11.9 Å². The van der Waals surface area contributed by atoms with Gasteiger partial charge in [0.05, 0.1) is 11.9 Å². The Morgan fingerprint density at radius 3 is 2.56 bits per heavy atom. The molecule has 2 saturated carbocycles. The van der Waals surface area contributed by atoms with Crippen molar-refractivity contribution in [2.24, 2.45) is 11.8 Å². The molecule has 0 aliphatic heterocycles. The van der Waals surface area contributed by atoms with Crippen molar-refractivity contribution in [1.82, 2.24) is 0 Å². The molecule has 2 fully saturated rings. The molecule has 1 N–H and O–H groups in total. The van der Waals surface area contributed by atoms with Crippen LogP contribution in [0.1, 0.15) is 25.7 Å². The van der Waals surface area contributed by atoms with E-state index in [1.165, 1.54) is 6.42 Å². The van der Waals surface area contributed by atoms with Gasteiger partial charge in [0.2, 0.25) is 0 Å². The van der Waals surface area contributed by atoms with E-state index >= 15 is 0 Å². The highest BCUT2D eigenvalue weighted by atomic mass is 32.2. The third kappa shape index (κ3) is 3.03. The van der Waals surface area contributed by atoms with E-state index in [9.17, 15) is 12.6 Å². The van der Waals surface area contributed by atoms with Crippen LogP contribution in [0.4, 0.5) is 0 Å². The fourth-order valence-electron chi connectivity index (χ4n) is 2.73. The lowest BCUT2D eigenvalue weighted by molar-refractivity contribution is 0.347. The molecule has 2 aliphatic carbocycles. The minimum Gasteiger partial charge on any atom is -0.289 e. The predicted octanol–water partition coefficient (Wildman–Crippen LogP) is 0.743. The van der Waals surface area contributed by atoms with Crippen LogP contribution in [0, 0.1) is 11.8 Å². The van der Waals surface area contributed by atoms with Crippen LogP contribution in [-0.4, -0.2) is 34.8 Å².